The van der Waals surface area contributed by atoms with Crippen molar-refractivity contribution in [3.8, 4) is 0 Å². The molecule has 1 amide bonds. The fraction of sp³-hybridized carbons (Fsp3) is 0.952. The quantitative estimate of drug-likeness (QED) is 0.0193. The molecular formula is C62H121NO11S. The molecule has 13 heteroatoms. The molecule has 7 unspecified atom stereocenters. The average molecular weight is 1090 g/mol. The zero-order chi connectivity index (χ0) is 54.7. The molecule has 446 valence electrons. The average Bonchev–Trinajstić information content (AvgIpc) is 3.39. The number of ether oxygens (including phenoxy) is 2. The zero-order valence-electron chi connectivity index (χ0n) is 48.6. The molecule has 75 heavy (non-hydrogen) atoms. The number of carbonyl (C=O) groups excluding carboxylic acids is 1. The van der Waals surface area contributed by atoms with Crippen LogP contribution in [0.4, 0.5) is 0 Å². The van der Waals surface area contributed by atoms with E-state index >= 15 is 0 Å². The SMILES string of the molecule is CCCCCCCCCCCCCC/C=C\CCCCCCCCCCCCCCCCCC(=O)NC(COC1OC(CO)C(O)C(OS(=O)(=O)O)C1O)C(O)CCCCCCCCCCCCCCCCCCC. The van der Waals surface area contributed by atoms with Gasteiger partial charge >= 0.3 is 10.4 Å². The molecule has 1 fully saturated rings. The smallest absolute Gasteiger partial charge is 0.394 e. The van der Waals surface area contributed by atoms with Gasteiger partial charge in [-0.25, -0.2) is 4.18 Å². The summed E-state index contributed by atoms with van der Waals surface area (Å²) in [5, 5.41) is 45.2. The standard InChI is InChI=1S/C62H121NO11S/c1-3-5-7-9-11-13-15-17-19-21-22-23-24-25-26-27-28-29-30-31-32-33-34-36-38-40-42-44-46-48-50-52-58(66)63-55(54-72-62-60(68)61(74-75(69,70)71)59(67)57(53-64)73-62)56(65)51-49-47-45-43-41-39-37-35-20-18-16-14-12-10-8-6-4-2/h25-26,55-57,59-62,64-65,67-68H,3-24,27-54H2,1-2H3,(H,63,66)(H,69,70,71)/b26-25-. The lowest BCUT2D eigenvalue weighted by atomic mass is 9.99. The predicted molar refractivity (Wildman–Crippen MR) is 310 cm³/mol. The van der Waals surface area contributed by atoms with Crippen molar-refractivity contribution in [1.82, 2.24) is 5.32 Å². The highest BCUT2D eigenvalue weighted by atomic mass is 32.3. The molecule has 0 saturated carbocycles. The second kappa shape index (κ2) is 52.2. The lowest BCUT2D eigenvalue weighted by molar-refractivity contribution is -0.298. The van der Waals surface area contributed by atoms with Crippen molar-refractivity contribution in [2.75, 3.05) is 13.2 Å². The molecule has 0 spiro atoms. The van der Waals surface area contributed by atoms with E-state index in [1.165, 1.54) is 244 Å². The highest BCUT2D eigenvalue weighted by Gasteiger charge is 2.48. The first-order valence-corrected chi connectivity index (χ1v) is 33.4. The summed E-state index contributed by atoms with van der Waals surface area (Å²) in [5.74, 6) is -0.223. The Hall–Kier alpha value is -1.16. The minimum absolute atomic E-state index is 0.223. The number of carbonyl (C=O) groups is 1. The maximum Gasteiger partial charge on any atom is 0.397 e. The van der Waals surface area contributed by atoms with Gasteiger partial charge in [-0.05, 0) is 38.5 Å². The summed E-state index contributed by atoms with van der Waals surface area (Å²) in [6.07, 6.45) is 55.2. The van der Waals surface area contributed by atoms with E-state index in [0.29, 0.717) is 12.8 Å². The number of unbranched alkanes of at least 4 members (excludes halogenated alkanes) is 43. The third-order valence-corrected chi connectivity index (χ3v) is 16.0. The van der Waals surface area contributed by atoms with Crippen LogP contribution in [0.25, 0.3) is 0 Å². The molecule has 0 radical (unpaired) electrons. The Morgan fingerprint density at radius 1 is 0.520 bits per heavy atom. The van der Waals surface area contributed by atoms with Gasteiger partial charge in [0, 0.05) is 6.42 Å². The van der Waals surface area contributed by atoms with E-state index in [-0.39, 0.29) is 12.5 Å². The van der Waals surface area contributed by atoms with Crippen LogP contribution in [0.1, 0.15) is 322 Å². The lowest BCUT2D eigenvalue weighted by Crippen LogP contribution is -2.61. The van der Waals surface area contributed by atoms with Crippen LogP contribution >= 0.6 is 0 Å². The molecule has 1 aliphatic rings. The fourth-order valence-electron chi connectivity index (χ4n) is 10.6. The number of nitrogens with one attached hydrogen (secondary N) is 1. The number of aliphatic hydroxyl groups excluding tert-OH is 4. The molecule has 0 aromatic carbocycles. The molecular weight excluding hydrogens is 967 g/mol. The van der Waals surface area contributed by atoms with Gasteiger partial charge < -0.3 is 35.2 Å². The van der Waals surface area contributed by atoms with Crippen LogP contribution in [0.5, 0.6) is 0 Å². The molecule has 1 aliphatic heterocycles. The Labute approximate surface area is 461 Å². The van der Waals surface area contributed by atoms with Crippen molar-refractivity contribution in [2.24, 2.45) is 0 Å². The first-order valence-electron chi connectivity index (χ1n) is 32.1. The minimum atomic E-state index is -5.08. The molecule has 1 rings (SSSR count). The molecule has 0 bridgehead atoms. The van der Waals surface area contributed by atoms with E-state index in [1.807, 2.05) is 0 Å². The molecule has 1 heterocycles. The van der Waals surface area contributed by atoms with Crippen molar-refractivity contribution in [1.29, 1.82) is 0 Å². The Balaban J connectivity index is 2.24. The molecule has 6 N–H and O–H groups in total. The third kappa shape index (κ3) is 44.3. The molecule has 0 aromatic heterocycles. The van der Waals surface area contributed by atoms with Gasteiger partial charge in [-0.15, -0.1) is 0 Å². The summed E-state index contributed by atoms with van der Waals surface area (Å²) in [5.41, 5.74) is 0. The maximum atomic E-state index is 13.2. The van der Waals surface area contributed by atoms with E-state index in [1.54, 1.807) is 0 Å². The minimum Gasteiger partial charge on any atom is -0.394 e. The second-order valence-electron chi connectivity index (χ2n) is 22.7. The largest absolute Gasteiger partial charge is 0.397 e. The number of allylic oxidation sites excluding steroid dienone is 2. The fourth-order valence-corrected chi connectivity index (χ4v) is 11.1. The van der Waals surface area contributed by atoms with Crippen LogP contribution in [0.3, 0.4) is 0 Å². The number of aliphatic hydroxyl groups is 4. The number of hydrogen-bond donors (Lipinski definition) is 6. The normalized spacial score (nSPS) is 19.1. The van der Waals surface area contributed by atoms with E-state index in [0.717, 1.165) is 51.4 Å². The Kier molecular flexibility index (Phi) is 50.0. The van der Waals surface area contributed by atoms with Crippen molar-refractivity contribution in [3.63, 3.8) is 0 Å². The first kappa shape index (κ1) is 71.9. The summed E-state index contributed by atoms with van der Waals surface area (Å²) in [6, 6.07) is -0.856. The predicted octanol–water partition coefficient (Wildman–Crippen LogP) is 15.8. The summed E-state index contributed by atoms with van der Waals surface area (Å²) in [4.78, 5) is 13.2. The van der Waals surface area contributed by atoms with Crippen molar-refractivity contribution < 1.29 is 51.8 Å². The third-order valence-electron chi connectivity index (χ3n) is 15.6. The monoisotopic (exact) mass is 1090 g/mol. The Bertz CT molecular complexity index is 1370. The lowest BCUT2D eigenvalue weighted by Gasteiger charge is -2.41. The van der Waals surface area contributed by atoms with Crippen molar-refractivity contribution in [3.05, 3.63) is 12.2 Å². The van der Waals surface area contributed by atoms with E-state index in [9.17, 15) is 38.2 Å². The molecule has 0 aromatic rings. The van der Waals surface area contributed by atoms with Crippen molar-refractivity contribution in [2.45, 2.75) is 365 Å². The zero-order valence-corrected chi connectivity index (χ0v) is 49.5. The van der Waals surface area contributed by atoms with E-state index in [4.69, 9.17) is 9.47 Å². The first-order chi connectivity index (χ1) is 36.5. The summed E-state index contributed by atoms with van der Waals surface area (Å²) < 4.78 is 48.0. The molecule has 12 nitrogen and oxygen atoms in total. The van der Waals surface area contributed by atoms with Crippen LogP contribution in [-0.2, 0) is 28.9 Å². The highest BCUT2D eigenvalue weighted by Crippen LogP contribution is 2.26. The van der Waals surface area contributed by atoms with Crippen LogP contribution in [0.15, 0.2) is 12.2 Å². The second-order valence-corrected chi connectivity index (χ2v) is 23.8. The summed E-state index contributed by atoms with van der Waals surface area (Å²) in [7, 11) is -5.08. The van der Waals surface area contributed by atoms with Gasteiger partial charge in [0.2, 0.25) is 5.91 Å². The number of rotatable bonds is 57. The van der Waals surface area contributed by atoms with Gasteiger partial charge in [0.05, 0.1) is 25.4 Å². The van der Waals surface area contributed by atoms with Gasteiger partial charge in [0.1, 0.15) is 24.4 Å². The van der Waals surface area contributed by atoms with Crippen LogP contribution in [0, 0.1) is 0 Å². The molecule has 7 atom stereocenters. The summed E-state index contributed by atoms with van der Waals surface area (Å²) >= 11 is 0. The van der Waals surface area contributed by atoms with Gasteiger partial charge in [-0.1, -0.05) is 289 Å². The molecule has 1 saturated heterocycles. The van der Waals surface area contributed by atoms with E-state index < -0.39 is 59.9 Å². The number of hydrogen-bond acceptors (Lipinski definition) is 10. The van der Waals surface area contributed by atoms with Crippen LogP contribution < -0.4 is 5.32 Å². The van der Waals surface area contributed by atoms with Gasteiger partial charge in [-0.2, -0.15) is 8.42 Å². The Morgan fingerprint density at radius 3 is 1.20 bits per heavy atom. The van der Waals surface area contributed by atoms with Crippen LogP contribution in [-0.4, -0.2) is 95.4 Å². The highest BCUT2D eigenvalue weighted by molar-refractivity contribution is 7.80. The van der Waals surface area contributed by atoms with Gasteiger partial charge in [-0.3, -0.25) is 9.35 Å². The summed E-state index contributed by atoms with van der Waals surface area (Å²) in [6.45, 7) is 3.51. The maximum absolute atomic E-state index is 13.2. The van der Waals surface area contributed by atoms with Crippen molar-refractivity contribution >= 4 is 16.3 Å². The topological polar surface area (TPSA) is 192 Å². The van der Waals surface area contributed by atoms with E-state index in [2.05, 4.69) is 35.5 Å². The Morgan fingerprint density at radius 2 is 0.853 bits per heavy atom. The van der Waals surface area contributed by atoms with Crippen LogP contribution in [0.2, 0.25) is 0 Å². The molecule has 0 aliphatic carbocycles. The number of amides is 1. The van der Waals surface area contributed by atoms with Gasteiger partial charge in [0.15, 0.2) is 6.29 Å². The van der Waals surface area contributed by atoms with Gasteiger partial charge in [0.25, 0.3) is 0 Å².